The average molecular weight is 555 g/mol. The van der Waals surface area contributed by atoms with Crippen molar-refractivity contribution in [2.24, 2.45) is 0 Å². The van der Waals surface area contributed by atoms with Gasteiger partial charge in [0.2, 0.25) is 0 Å². The Morgan fingerprint density at radius 2 is 1.91 bits per heavy atom. The first-order valence-corrected chi connectivity index (χ1v) is 11.6. The van der Waals surface area contributed by atoms with Gasteiger partial charge in [-0.3, -0.25) is 14.5 Å². The highest BCUT2D eigenvalue weighted by Crippen LogP contribution is 2.37. The van der Waals surface area contributed by atoms with Crippen LogP contribution >= 0.6 is 34.4 Å². The number of fused-ring (bicyclic) bond motifs is 1. The van der Waals surface area contributed by atoms with Crippen molar-refractivity contribution in [1.29, 1.82) is 0 Å². The molecule has 4 rings (SSSR count). The molecule has 3 aromatic rings. The van der Waals surface area contributed by atoms with Crippen LogP contribution in [-0.4, -0.2) is 29.7 Å². The Hall–Kier alpha value is -2.96. The van der Waals surface area contributed by atoms with Gasteiger partial charge >= 0.3 is 0 Å². The van der Waals surface area contributed by atoms with Crippen LogP contribution in [0, 0.1) is 15.9 Å². The molecule has 1 aliphatic heterocycles. The van der Waals surface area contributed by atoms with Gasteiger partial charge in [-0.05, 0) is 80.5 Å². The molecular weight excluding hydrogens is 537 g/mol. The maximum Gasteiger partial charge on any atom is 0.294 e. The molecular formula is C25H18INO4S. The second-order valence-corrected chi connectivity index (χ2v) is 9.13. The lowest BCUT2D eigenvalue weighted by Crippen LogP contribution is -2.28. The molecule has 0 unspecified atom stereocenters. The topological polar surface area (TPSA) is 55.8 Å². The van der Waals surface area contributed by atoms with Gasteiger partial charge < -0.3 is 9.47 Å². The minimum Gasteiger partial charge on any atom is -0.493 e. The highest BCUT2D eigenvalue weighted by atomic mass is 127. The molecule has 0 radical (unpaired) electrons. The summed E-state index contributed by atoms with van der Waals surface area (Å²) in [7, 11) is 1.57. The summed E-state index contributed by atoms with van der Waals surface area (Å²) >= 11 is 3.05. The summed E-state index contributed by atoms with van der Waals surface area (Å²) in [6.45, 7) is 0.353. The molecule has 5 nitrogen and oxygen atoms in total. The Labute approximate surface area is 203 Å². The van der Waals surface area contributed by atoms with Crippen molar-refractivity contribution >= 4 is 62.3 Å². The lowest BCUT2D eigenvalue weighted by atomic mass is 10.1. The summed E-state index contributed by atoms with van der Waals surface area (Å²) in [6, 6.07) is 18.1. The molecule has 1 aliphatic rings. The molecule has 1 saturated heterocycles. The highest BCUT2D eigenvalue weighted by molar-refractivity contribution is 14.1. The van der Waals surface area contributed by atoms with E-state index in [9.17, 15) is 9.59 Å². The van der Waals surface area contributed by atoms with Crippen LogP contribution in [0.4, 0.5) is 4.79 Å². The fraction of sp³-hybridized carbons (Fsp3) is 0.120. The first kappa shape index (κ1) is 22.2. The second kappa shape index (κ2) is 9.67. The number of ether oxygens (including phenoxy) is 2. The monoisotopic (exact) mass is 555 g/mol. The number of methoxy groups -OCH3 is 1. The number of thioether (sulfide) groups is 1. The summed E-state index contributed by atoms with van der Waals surface area (Å²) in [5, 5.41) is 1.97. The van der Waals surface area contributed by atoms with Gasteiger partial charge in [-0.1, -0.05) is 42.3 Å². The van der Waals surface area contributed by atoms with E-state index in [2.05, 4.69) is 52.8 Å². The van der Waals surface area contributed by atoms with Crippen LogP contribution in [0.5, 0.6) is 11.5 Å². The van der Waals surface area contributed by atoms with Crippen LogP contribution in [0.25, 0.3) is 16.8 Å². The minimum absolute atomic E-state index is 0.0373. The lowest BCUT2D eigenvalue weighted by Gasteiger charge is -2.14. The summed E-state index contributed by atoms with van der Waals surface area (Å²) in [4.78, 5) is 25.8. The fourth-order valence-electron chi connectivity index (χ4n) is 3.33. The van der Waals surface area contributed by atoms with E-state index in [1.807, 2.05) is 24.3 Å². The van der Waals surface area contributed by atoms with Gasteiger partial charge in [0.15, 0.2) is 11.5 Å². The van der Waals surface area contributed by atoms with Gasteiger partial charge in [0, 0.05) is 0 Å². The number of hydrogen-bond donors (Lipinski definition) is 0. The third kappa shape index (κ3) is 4.61. The summed E-state index contributed by atoms with van der Waals surface area (Å²) in [5.41, 5.74) is 1.78. The maximum atomic E-state index is 12.4. The number of imide groups is 1. The number of halogens is 1. The van der Waals surface area contributed by atoms with E-state index < -0.39 is 0 Å². The molecule has 2 amide bonds. The van der Waals surface area contributed by atoms with E-state index in [4.69, 9.17) is 15.9 Å². The molecule has 1 fully saturated rings. The van der Waals surface area contributed by atoms with Gasteiger partial charge in [0.25, 0.3) is 11.1 Å². The Bertz CT molecular complexity index is 1290. The summed E-state index contributed by atoms with van der Waals surface area (Å²) in [6.07, 6.45) is 6.91. The normalized spacial score (nSPS) is 14.8. The Kier molecular flexibility index (Phi) is 6.72. The zero-order valence-electron chi connectivity index (χ0n) is 17.1. The third-order valence-electron chi connectivity index (χ3n) is 4.87. The van der Waals surface area contributed by atoms with E-state index in [0.717, 1.165) is 36.7 Å². The number of nitrogens with zero attached hydrogens (tertiary/aromatic N) is 1. The van der Waals surface area contributed by atoms with Gasteiger partial charge in [-0.25, -0.2) is 0 Å². The van der Waals surface area contributed by atoms with Crippen LogP contribution in [0.2, 0.25) is 0 Å². The molecule has 1 heterocycles. The van der Waals surface area contributed by atoms with Gasteiger partial charge in [-0.15, -0.1) is 6.42 Å². The first-order chi connectivity index (χ1) is 15.5. The first-order valence-electron chi connectivity index (χ1n) is 9.67. The van der Waals surface area contributed by atoms with Gasteiger partial charge in [0.05, 0.1) is 22.1 Å². The predicted octanol–water partition coefficient (Wildman–Crippen LogP) is 5.70. The van der Waals surface area contributed by atoms with Crippen molar-refractivity contribution in [2.45, 2.75) is 6.61 Å². The number of terminal acetylenes is 1. The molecule has 32 heavy (non-hydrogen) atoms. The van der Waals surface area contributed by atoms with E-state index in [1.165, 1.54) is 5.39 Å². The SMILES string of the molecule is C#CCN1C(=O)S/C(=C/c2cc(I)c(OCc3ccc4ccccc4c3)c(OC)c2)C1=O. The van der Waals surface area contributed by atoms with Crippen molar-refractivity contribution in [3.63, 3.8) is 0 Å². The largest absolute Gasteiger partial charge is 0.493 e. The smallest absolute Gasteiger partial charge is 0.294 e. The molecule has 0 atom stereocenters. The molecule has 7 heteroatoms. The van der Waals surface area contributed by atoms with Crippen LogP contribution in [0.3, 0.4) is 0 Å². The molecule has 0 aliphatic carbocycles. The number of carbonyl (C=O) groups excluding carboxylic acids is 2. The Morgan fingerprint density at radius 1 is 1.12 bits per heavy atom. The lowest BCUT2D eigenvalue weighted by molar-refractivity contribution is -0.122. The quantitative estimate of drug-likeness (QED) is 0.222. The van der Waals surface area contributed by atoms with Crippen molar-refractivity contribution in [2.75, 3.05) is 13.7 Å². The van der Waals surface area contributed by atoms with Crippen molar-refractivity contribution in [1.82, 2.24) is 4.90 Å². The van der Waals surface area contributed by atoms with E-state index in [0.29, 0.717) is 23.0 Å². The number of benzene rings is 3. The van der Waals surface area contributed by atoms with Crippen LogP contribution in [0.1, 0.15) is 11.1 Å². The van der Waals surface area contributed by atoms with E-state index in [-0.39, 0.29) is 17.7 Å². The second-order valence-electron chi connectivity index (χ2n) is 6.98. The van der Waals surface area contributed by atoms with Gasteiger partial charge in [-0.2, -0.15) is 0 Å². The number of amides is 2. The van der Waals surface area contributed by atoms with Crippen molar-refractivity contribution < 1.29 is 19.1 Å². The molecule has 0 bridgehead atoms. The Morgan fingerprint density at radius 3 is 2.66 bits per heavy atom. The molecule has 0 spiro atoms. The fourth-order valence-corrected chi connectivity index (χ4v) is 4.95. The summed E-state index contributed by atoms with van der Waals surface area (Å²) in [5.74, 6) is 3.12. The average Bonchev–Trinajstić information content (AvgIpc) is 3.05. The predicted molar refractivity (Wildman–Crippen MR) is 136 cm³/mol. The number of hydrogen-bond acceptors (Lipinski definition) is 5. The zero-order valence-corrected chi connectivity index (χ0v) is 20.1. The van der Waals surface area contributed by atoms with E-state index in [1.54, 1.807) is 19.3 Å². The van der Waals surface area contributed by atoms with Crippen molar-refractivity contribution in [3.8, 4) is 23.8 Å². The molecule has 160 valence electrons. The Balaban J connectivity index is 1.56. The van der Waals surface area contributed by atoms with Gasteiger partial charge in [0.1, 0.15) is 6.61 Å². The molecule has 3 aromatic carbocycles. The zero-order chi connectivity index (χ0) is 22.7. The number of carbonyl (C=O) groups is 2. The highest BCUT2D eigenvalue weighted by Gasteiger charge is 2.34. The third-order valence-corrected chi connectivity index (χ3v) is 6.58. The van der Waals surface area contributed by atoms with Crippen LogP contribution < -0.4 is 9.47 Å². The maximum absolute atomic E-state index is 12.4. The van der Waals surface area contributed by atoms with Crippen LogP contribution in [0.15, 0.2) is 59.5 Å². The molecule has 0 saturated carbocycles. The van der Waals surface area contributed by atoms with Crippen molar-refractivity contribution in [3.05, 3.63) is 74.2 Å². The molecule has 0 N–H and O–H groups in total. The van der Waals surface area contributed by atoms with E-state index >= 15 is 0 Å². The minimum atomic E-state index is -0.386. The van der Waals surface area contributed by atoms with Crippen LogP contribution in [-0.2, 0) is 11.4 Å². The standard InChI is InChI=1S/C25H18INO4S/c1-3-10-27-24(28)22(32-25(27)29)14-17-12-20(26)23(21(13-17)30-2)31-15-16-8-9-18-6-4-5-7-19(18)11-16/h1,4-9,11-14H,10,15H2,2H3/b22-14+. The number of rotatable bonds is 6. The summed E-state index contributed by atoms with van der Waals surface area (Å²) < 4.78 is 12.5. The molecule has 0 aromatic heterocycles.